The summed E-state index contributed by atoms with van der Waals surface area (Å²) in [6, 6.07) is 0. The number of aliphatic hydroxyl groups is 1. The van der Waals surface area contributed by atoms with E-state index in [-0.39, 0.29) is 23.5 Å². The van der Waals surface area contributed by atoms with Gasteiger partial charge >= 0.3 is 0 Å². The fourth-order valence-electron chi connectivity index (χ4n) is 4.12. The van der Waals surface area contributed by atoms with Crippen LogP contribution in [-0.4, -0.2) is 57.9 Å². The van der Waals surface area contributed by atoms with Crippen molar-refractivity contribution < 1.29 is 14.6 Å². The van der Waals surface area contributed by atoms with Crippen LogP contribution in [0.15, 0.2) is 12.4 Å². The number of aromatic nitrogens is 2. The van der Waals surface area contributed by atoms with Gasteiger partial charge in [-0.2, -0.15) is 0 Å². The Balaban J connectivity index is 1.51. The number of likely N-dealkylation sites (tertiary alicyclic amines) is 1. The fourth-order valence-corrected chi connectivity index (χ4v) is 4.12. The molecule has 0 aromatic carbocycles. The summed E-state index contributed by atoms with van der Waals surface area (Å²) in [6.45, 7) is 4.20. The van der Waals surface area contributed by atoms with Crippen molar-refractivity contribution in [2.24, 2.45) is 5.41 Å². The Morgan fingerprint density at radius 1 is 1.48 bits per heavy atom. The van der Waals surface area contributed by atoms with E-state index in [1.807, 2.05) is 11.1 Å². The highest BCUT2D eigenvalue weighted by Crippen LogP contribution is 2.50. The van der Waals surface area contributed by atoms with Gasteiger partial charge in [-0.25, -0.2) is 4.98 Å². The predicted molar refractivity (Wildman–Crippen MR) is 85.9 cm³/mol. The van der Waals surface area contributed by atoms with Gasteiger partial charge in [0.2, 0.25) is 5.91 Å². The molecule has 0 bridgehead atoms. The largest absolute Gasteiger partial charge is 0.392 e. The second-order valence-electron chi connectivity index (χ2n) is 6.73. The van der Waals surface area contributed by atoms with Crippen LogP contribution in [0.2, 0.25) is 0 Å². The molecule has 23 heavy (non-hydrogen) atoms. The Morgan fingerprint density at radius 3 is 2.83 bits per heavy atom. The number of imidazole rings is 1. The number of carbonyl (C=O) groups is 1. The summed E-state index contributed by atoms with van der Waals surface area (Å²) in [6.07, 6.45) is 7.38. The number of piperidine rings is 1. The molecule has 1 saturated carbocycles. The summed E-state index contributed by atoms with van der Waals surface area (Å²) in [5.41, 5.74) is -0.120. The number of hydrogen-bond acceptors (Lipinski definition) is 4. The van der Waals surface area contributed by atoms with Gasteiger partial charge in [0.15, 0.2) is 0 Å². The molecule has 1 aromatic rings. The minimum Gasteiger partial charge on any atom is -0.392 e. The fraction of sp³-hybridized carbons (Fsp3) is 0.765. The van der Waals surface area contributed by atoms with Gasteiger partial charge in [0.1, 0.15) is 5.82 Å². The third-order valence-corrected chi connectivity index (χ3v) is 5.76. The van der Waals surface area contributed by atoms with Crippen LogP contribution in [0.1, 0.15) is 38.4 Å². The SMILES string of the molecule is CCc1nccn1CCC(=O)N1CCC2(CC1)[C@H](O)C[C@@H]2OC. The molecule has 1 amide bonds. The van der Waals surface area contributed by atoms with Crippen molar-refractivity contribution in [3.8, 4) is 0 Å². The highest BCUT2D eigenvalue weighted by molar-refractivity contribution is 5.76. The van der Waals surface area contributed by atoms with Crippen LogP contribution in [0.25, 0.3) is 0 Å². The molecule has 6 nitrogen and oxygen atoms in total. The van der Waals surface area contributed by atoms with Gasteiger partial charge in [-0.05, 0) is 12.8 Å². The quantitative estimate of drug-likeness (QED) is 0.885. The average Bonchev–Trinajstić information content (AvgIpc) is 3.05. The van der Waals surface area contributed by atoms with E-state index in [1.54, 1.807) is 13.3 Å². The minimum atomic E-state index is -0.275. The number of nitrogens with zero attached hydrogens (tertiary/aromatic N) is 3. The van der Waals surface area contributed by atoms with Crippen molar-refractivity contribution in [3.05, 3.63) is 18.2 Å². The predicted octanol–water partition coefficient (Wildman–Crippen LogP) is 1.22. The number of amides is 1. The van der Waals surface area contributed by atoms with Crippen molar-refractivity contribution in [2.45, 2.75) is 57.8 Å². The number of aliphatic hydroxyl groups excluding tert-OH is 1. The van der Waals surface area contributed by atoms with Gasteiger partial charge in [0.05, 0.1) is 12.2 Å². The van der Waals surface area contributed by atoms with E-state index < -0.39 is 0 Å². The number of aryl methyl sites for hydroxylation is 2. The zero-order valence-corrected chi connectivity index (χ0v) is 14.1. The lowest BCUT2D eigenvalue weighted by Crippen LogP contribution is -2.62. The second kappa shape index (κ2) is 6.61. The summed E-state index contributed by atoms with van der Waals surface area (Å²) in [7, 11) is 1.71. The summed E-state index contributed by atoms with van der Waals surface area (Å²) >= 11 is 0. The van der Waals surface area contributed by atoms with E-state index in [9.17, 15) is 9.90 Å². The standard InChI is InChI=1S/C17H27N3O3/c1-3-15-18-7-11-19(15)8-4-16(22)20-9-5-17(6-10-20)13(21)12-14(17)23-2/h7,11,13-14,21H,3-6,8-10,12H2,1-2H3/t13-,14+/m1/s1. The summed E-state index contributed by atoms with van der Waals surface area (Å²) in [5.74, 6) is 1.22. The molecule has 2 heterocycles. The molecular weight excluding hydrogens is 294 g/mol. The maximum Gasteiger partial charge on any atom is 0.224 e. The van der Waals surface area contributed by atoms with E-state index in [1.165, 1.54) is 0 Å². The van der Waals surface area contributed by atoms with Gasteiger partial charge in [-0.3, -0.25) is 4.79 Å². The van der Waals surface area contributed by atoms with Crippen LogP contribution in [0.4, 0.5) is 0 Å². The molecule has 1 spiro atoms. The first-order valence-corrected chi connectivity index (χ1v) is 8.59. The maximum absolute atomic E-state index is 12.4. The normalized spacial score (nSPS) is 26.3. The van der Waals surface area contributed by atoms with Crippen LogP contribution in [0.5, 0.6) is 0 Å². The van der Waals surface area contributed by atoms with E-state index in [2.05, 4.69) is 16.5 Å². The molecule has 1 aromatic heterocycles. The highest BCUT2D eigenvalue weighted by Gasteiger charge is 2.56. The van der Waals surface area contributed by atoms with Gasteiger partial charge in [0.25, 0.3) is 0 Å². The first-order chi connectivity index (χ1) is 11.1. The Morgan fingerprint density at radius 2 is 2.22 bits per heavy atom. The lowest BCUT2D eigenvalue weighted by molar-refractivity contribution is -0.202. The third kappa shape index (κ3) is 2.90. The lowest BCUT2D eigenvalue weighted by Gasteiger charge is -2.56. The van der Waals surface area contributed by atoms with E-state index >= 15 is 0 Å². The second-order valence-corrected chi connectivity index (χ2v) is 6.73. The molecule has 1 aliphatic heterocycles. The van der Waals surface area contributed by atoms with Crippen LogP contribution >= 0.6 is 0 Å². The van der Waals surface area contributed by atoms with Crippen molar-refractivity contribution in [1.82, 2.24) is 14.5 Å². The molecule has 3 rings (SSSR count). The molecule has 2 fully saturated rings. The van der Waals surface area contributed by atoms with Crippen LogP contribution in [0.3, 0.4) is 0 Å². The first-order valence-electron chi connectivity index (χ1n) is 8.59. The van der Waals surface area contributed by atoms with Gasteiger partial charge in [-0.15, -0.1) is 0 Å². The summed E-state index contributed by atoms with van der Waals surface area (Å²) < 4.78 is 7.55. The molecule has 1 saturated heterocycles. The Labute approximate surface area is 137 Å². The molecule has 6 heteroatoms. The number of rotatable bonds is 5. The molecule has 0 radical (unpaired) electrons. The molecule has 128 valence electrons. The molecule has 2 atom stereocenters. The molecule has 1 aliphatic carbocycles. The molecular formula is C17H27N3O3. The third-order valence-electron chi connectivity index (χ3n) is 5.76. The number of methoxy groups -OCH3 is 1. The Hall–Kier alpha value is -1.40. The first kappa shape index (κ1) is 16.5. The smallest absolute Gasteiger partial charge is 0.224 e. The number of carbonyl (C=O) groups excluding carboxylic acids is 1. The van der Waals surface area contributed by atoms with Crippen molar-refractivity contribution in [2.75, 3.05) is 20.2 Å². The zero-order valence-electron chi connectivity index (χ0n) is 14.1. The average molecular weight is 321 g/mol. The van der Waals surface area contributed by atoms with Crippen LogP contribution in [0, 0.1) is 5.41 Å². The lowest BCUT2D eigenvalue weighted by atomic mass is 9.58. The Bertz CT molecular complexity index is 549. The van der Waals surface area contributed by atoms with Crippen molar-refractivity contribution in [3.63, 3.8) is 0 Å². The van der Waals surface area contributed by atoms with Crippen LogP contribution < -0.4 is 0 Å². The van der Waals surface area contributed by atoms with E-state index in [0.29, 0.717) is 13.0 Å². The summed E-state index contributed by atoms with van der Waals surface area (Å²) in [4.78, 5) is 18.7. The van der Waals surface area contributed by atoms with E-state index in [0.717, 1.165) is 44.6 Å². The summed E-state index contributed by atoms with van der Waals surface area (Å²) in [5, 5.41) is 10.1. The van der Waals surface area contributed by atoms with Crippen molar-refractivity contribution in [1.29, 1.82) is 0 Å². The number of ether oxygens (including phenoxy) is 1. The molecule has 0 unspecified atom stereocenters. The topological polar surface area (TPSA) is 67.6 Å². The minimum absolute atomic E-state index is 0.120. The zero-order chi connectivity index (χ0) is 16.4. The number of hydrogen-bond donors (Lipinski definition) is 1. The van der Waals surface area contributed by atoms with E-state index in [4.69, 9.17) is 4.74 Å². The monoisotopic (exact) mass is 321 g/mol. The molecule has 1 N–H and O–H groups in total. The van der Waals surface area contributed by atoms with Crippen LogP contribution in [-0.2, 0) is 22.5 Å². The van der Waals surface area contributed by atoms with Gasteiger partial charge in [-0.1, -0.05) is 6.92 Å². The van der Waals surface area contributed by atoms with Gasteiger partial charge in [0, 0.05) is 63.8 Å². The van der Waals surface area contributed by atoms with Crippen molar-refractivity contribution >= 4 is 5.91 Å². The highest BCUT2D eigenvalue weighted by atomic mass is 16.5. The Kier molecular flexibility index (Phi) is 4.73. The van der Waals surface area contributed by atoms with Gasteiger partial charge < -0.3 is 19.3 Å². The molecule has 2 aliphatic rings. The maximum atomic E-state index is 12.4.